The average Bonchev–Trinajstić information content (AvgIpc) is 3.35. The maximum absolute atomic E-state index is 5.74. The van der Waals surface area contributed by atoms with Gasteiger partial charge in [-0.2, -0.15) is 5.10 Å². The molecule has 1 aliphatic heterocycles. The molecule has 1 fully saturated rings. The van der Waals surface area contributed by atoms with Crippen molar-refractivity contribution in [3.8, 4) is 0 Å². The van der Waals surface area contributed by atoms with Crippen molar-refractivity contribution >= 4 is 29.9 Å². The second-order valence-corrected chi connectivity index (χ2v) is 8.18. The van der Waals surface area contributed by atoms with E-state index in [0.717, 1.165) is 50.1 Å². The summed E-state index contributed by atoms with van der Waals surface area (Å²) in [5.74, 6) is 2.29. The fourth-order valence-electron chi connectivity index (χ4n) is 4.02. The minimum Gasteiger partial charge on any atom is -0.468 e. The molecule has 2 N–H and O–H groups in total. The Kier molecular flexibility index (Phi) is 10.2. The summed E-state index contributed by atoms with van der Waals surface area (Å²) in [6, 6.07) is 6.40. The van der Waals surface area contributed by atoms with E-state index in [1.165, 1.54) is 25.0 Å². The van der Waals surface area contributed by atoms with Gasteiger partial charge in [0.1, 0.15) is 5.76 Å². The number of nitrogens with one attached hydrogen (secondary N) is 2. The lowest BCUT2D eigenvalue weighted by Gasteiger charge is -2.33. The van der Waals surface area contributed by atoms with Gasteiger partial charge in [0, 0.05) is 32.4 Å². The van der Waals surface area contributed by atoms with E-state index in [9.17, 15) is 0 Å². The average molecular weight is 528 g/mol. The molecule has 2 atom stereocenters. The van der Waals surface area contributed by atoms with E-state index in [0.29, 0.717) is 5.92 Å². The topological polar surface area (TPSA) is 70.6 Å². The van der Waals surface area contributed by atoms with Crippen molar-refractivity contribution in [2.75, 3.05) is 33.2 Å². The van der Waals surface area contributed by atoms with Crippen molar-refractivity contribution in [3.63, 3.8) is 0 Å². The quantitative estimate of drug-likeness (QED) is 0.311. The zero-order valence-corrected chi connectivity index (χ0v) is 21.1. The molecular formula is C22H37IN6O. The highest BCUT2D eigenvalue weighted by molar-refractivity contribution is 14.0. The minimum absolute atomic E-state index is 0. The van der Waals surface area contributed by atoms with Crippen molar-refractivity contribution in [2.24, 2.45) is 10.9 Å². The predicted molar refractivity (Wildman–Crippen MR) is 133 cm³/mol. The van der Waals surface area contributed by atoms with Crippen LogP contribution in [0.2, 0.25) is 0 Å². The van der Waals surface area contributed by atoms with Gasteiger partial charge in [-0.3, -0.25) is 14.6 Å². The van der Waals surface area contributed by atoms with Gasteiger partial charge >= 0.3 is 0 Å². The van der Waals surface area contributed by atoms with Crippen LogP contribution < -0.4 is 10.6 Å². The van der Waals surface area contributed by atoms with E-state index >= 15 is 0 Å². The lowest BCUT2D eigenvalue weighted by Crippen LogP contribution is -2.45. The molecule has 1 saturated heterocycles. The van der Waals surface area contributed by atoms with Crippen LogP contribution in [0.4, 0.5) is 0 Å². The Morgan fingerprint density at radius 3 is 2.53 bits per heavy atom. The van der Waals surface area contributed by atoms with Crippen molar-refractivity contribution < 1.29 is 4.42 Å². The number of likely N-dealkylation sites (tertiary alicyclic amines) is 1. The standard InChI is InChI=1S/C22H36N6O.HI/c1-17(16-28-19(3)13-18(2)26-28)14-24-22(23-4)25-15-20(21-9-8-12-29-21)27-10-6-5-7-11-27;/h8-9,12-13,17,20H,5-7,10-11,14-16H2,1-4H3,(H2,23,24,25);1H. The highest BCUT2D eigenvalue weighted by Gasteiger charge is 2.24. The van der Waals surface area contributed by atoms with Crippen LogP contribution in [-0.4, -0.2) is 53.9 Å². The maximum Gasteiger partial charge on any atom is 0.191 e. The van der Waals surface area contributed by atoms with E-state index in [1.807, 2.05) is 20.0 Å². The number of rotatable bonds is 8. The fraction of sp³-hybridized carbons (Fsp3) is 0.636. The fourth-order valence-corrected chi connectivity index (χ4v) is 4.02. The molecule has 168 valence electrons. The Morgan fingerprint density at radius 2 is 1.93 bits per heavy atom. The van der Waals surface area contributed by atoms with E-state index in [2.05, 4.69) is 56.3 Å². The van der Waals surface area contributed by atoms with Crippen molar-refractivity contribution in [2.45, 2.75) is 52.6 Å². The first-order valence-corrected chi connectivity index (χ1v) is 10.8. The molecule has 3 heterocycles. The molecule has 0 spiro atoms. The van der Waals surface area contributed by atoms with Gasteiger partial charge in [0.15, 0.2) is 5.96 Å². The van der Waals surface area contributed by atoms with E-state index in [-0.39, 0.29) is 30.0 Å². The third-order valence-electron chi connectivity index (χ3n) is 5.60. The zero-order valence-electron chi connectivity index (χ0n) is 18.7. The molecule has 3 rings (SSSR count). The number of aryl methyl sites for hydroxylation is 2. The largest absolute Gasteiger partial charge is 0.468 e. The normalized spacial score (nSPS) is 17.3. The van der Waals surface area contributed by atoms with Crippen LogP contribution in [0.15, 0.2) is 33.9 Å². The molecule has 30 heavy (non-hydrogen) atoms. The molecule has 0 aliphatic carbocycles. The SMILES string of the molecule is CN=C(NCC(C)Cn1nc(C)cc1C)NCC(c1ccco1)N1CCCCC1.I. The first kappa shape index (κ1) is 24.7. The van der Waals surface area contributed by atoms with Crippen LogP contribution in [0.25, 0.3) is 0 Å². The number of guanidine groups is 1. The summed E-state index contributed by atoms with van der Waals surface area (Å²) in [5.41, 5.74) is 2.28. The summed E-state index contributed by atoms with van der Waals surface area (Å²) in [5, 5.41) is 11.5. The minimum atomic E-state index is 0. The summed E-state index contributed by atoms with van der Waals surface area (Å²) in [7, 11) is 1.82. The van der Waals surface area contributed by atoms with Crippen molar-refractivity contribution in [1.82, 2.24) is 25.3 Å². The van der Waals surface area contributed by atoms with E-state index in [4.69, 9.17) is 4.42 Å². The molecule has 2 aromatic rings. The van der Waals surface area contributed by atoms with Gasteiger partial charge in [0.2, 0.25) is 0 Å². The van der Waals surface area contributed by atoms with Gasteiger partial charge < -0.3 is 15.1 Å². The van der Waals surface area contributed by atoms with Crippen LogP contribution in [0.3, 0.4) is 0 Å². The van der Waals surface area contributed by atoms with Crippen molar-refractivity contribution in [3.05, 3.63) is 41.6 Å². The van der Waals surface area contributed by atoms with Crippen LogP contribution in [0.5, 0.6) is 0 Å². The Hall–Kier alpha value is -1.55. The number of hydrogen-bond acceptors (Lipinski definition) is 4. The number of nitrogens with zero attached hydrogens (tertiary/aromatic N) is 4. The molecule has 1 aliphatic rings. The summed E-state index contributed by atoms with van der Waals surface area (Å²) >= 11 is 0. The number of piperidine rings is 1. The number of halogens is 1. The van der Waals surface area contributed by atoms with Crippen LogP contribution in [-0.2, 0) is 6.54 Å². The van der Waals surface area contributed by atoms with E-state index in [1.54, 1.807) is 6.26 Å². The summed E-state index contributed by atoms with van der Waals surface area (Å²) in [4.78, 5) is 6.93. The molecule has 0 radical (unpaired) electrons. The number of furan rings is 1. The molecule has 0 saturated carbocycles. The third-order valence-corrected chi connectivity index (χ3v) is 5.60. The van der Waals surface area contributed by atoms with Gasteiger partial charge in [-0.1, -0.05) is 13.3 Å². The maximum atomic E-state index is 5.74. The van der Waals surface area contributed by atoms with Crippen LogP contribution in [0, 0.1) is 19.8 Å². The third kappa shape index (κ3) is 7.01. The van der Waals surface area contributed by atoms with Crippen molar-refractivity contribution in [1.29, 1.82) is 0 Å². The Labute approximate surface area is 197 Å². The van der Waals surface area contributed by atoms with Crippen LogP contribution in [0.1, 0.15) is 49.4 Å². The number of hydrogen-bond donors (Lipinski definition) is 2. The second-order valence-electron chi connectivity index (χ2n) is 8.18. The van der Waals surface area contributed by atoms with Crippen LogP contribution >= 0.6 is 24.0 Å². The van der Waals surface area contributed by atoms with Gasteiger partial charge in [0.25, 0.3) is 0 Å². The first-order valence-electron chi connectivity index (χ1n) is 10.8. The van der Waals surface area contributed by atoms with Gasteiger partial charge in [-0.05, 0) is 63.9 Å². The monoisotopic (exact) mass is 528 g/mol. The molecule has 0 amide bonds. The van der Waals surface area contributed by atoms with E-state index < -0.39 is 0 Å². The lowest BCUT2D eigenvalue weighted by molar-refractivity contribution is 0.146. The second kappa shape index (κ2) is 12.3. The summed E-state index contributed by atoms with van der Waals surface area (Å²) in [6.45, 7) is 11.1. The molecule has 2 unspecified atom stereocenters. The predicted octanol–water partition coefficient (Wildman–Crippen LogP) is 3.74. The molecule has 0 bridgehead atoms. The number of aromatic nitrogens is 2. The first-order chi connectivity index (χ1) is 14.1. The van der Waals surface area contributed by atoms with Gasteiger partial charge in [-0.15, -0.1) is 24.0 Å². The Bertz CT molecular complexity index is 767. The highest BCUT2D eigenvalue weighted by atomic mass is 127. The zero-order chi connectivity index (χ0) is 20.6. The molecule has 7 nitrogen and oxygen atoms in total. The van der Waals surface area contributed by atoms with Gasteiger partial charge in [-0.25, -0.2) is 0 Å². The number of aliphatic imine (C=N–C) groups is 1. The summed E-state index contributed by atoms with van der Waals surface area (Å²) < 4.78 is 7.83. The molecular weight excluding hydrogens is 491 g/mol. The summed E-state index contributed by atoms with van der Waals surface area (Å²) in [6.07, 6.45) is 5.60. The smallest absolute Gasteiger partial charge is 0.191 e. The van der Waals surface area contributed by atoms with Gasteiger partial charge in [0.05, 0.1) is 18.0 Å². The molecule has 2 aromatic heterocycles. The lowest BCUT2D eigenvalue weighted by atomic mass is 10.1. The molecule has 0 aromatic carbocycles. The Morgan fingerprint density at radius 1 is 1.20 bits per heavy atom. The highest BCUT2D eigenvalue weighted by Crippen LogP contribution is 2.24. The Balaban J connectivity index is 0.00000320. The molecule has 8 heteroatoms.